The second-order valence-corrected chi connectivity index (χ2v) is 5.05. The Morgan fingerprint density at radius 1 is 1.29 bits per heavy atom. The lowest BCUT2D eigenvalue weighted by atomic mass is 10.2. The largest absolute Gasteiger partial charge is 0.493 e. The van der Waals surface area contributed by atoms with Gasteiger partial charge in [0.05, 0.1) is 7.11 Å². The highest BCUT2D eigenvalue weighted by Crippen LogP contribution is 2.28. The van der Waals surface area contributed by atoms with E-state index < -0.39 is 0 Å². The summed E-state index contributed by atoms with van der Waals surface area (Å²) in [6, 6.07) is 9.11. The summed E-state index contributed by atoms with van der Waals surface area (Å²) in [6.45, 7) is 5.95. The molecule has 0 saturated carbocycles. The SMILES string of the molecule is C=CCOc1ccc(/C=C/C(=O)Nc2cc(C)ccn2)cc1OC. The van der Waals surface area contributed by atoms with Gasteiger partial charge in [-0.3, -0.25) is 4.79 Å². The summed E-state index contributed by atoms with van der Waals surface area (Å²) in [5, 5.41) is 2.72. The van der Waals surface area contributed by atoms with E-state index in [-0.39, 0.29) is 5.91 Å². The van der Waals surface area contributed by atoms with Crippen molar-refractivity contribution in [3.05, 3.63) is 66.4 Å². The molecule has 0 aliphatic rings. The third-order valence-electron chi connectivity index (χ3n) is 3.14. The lowest BCUT2D eigenvalue weighted by Gasteiger charge is -2.09. The smallest absolute Gasteiger partial charge is 0.249 e. The number of hydrogen-bond donors (Lipinski definition) is 1. The molecule has 5 nitrogen and oxygen atoms in total. The van der Waals surface area contributed by atoms with E-state index in [1.807, 2.05) is 19.1 Å². The van der Waals surface area contributed by atoms with Crippen molar-refractivity contribution < 1.29 is 14.3 Å². The molecule has 1 heterocycles. The van der Waals surface area contributed by atoms with Gasteiger partial charge in [0.25, 0.3) is 0 Å². The van der Waals surface area contributed by atoms with Crippen LogP contribution in [-0.4, -0.2) is 24.6 Å². The minimum atomic E-state index is -0.251. The summed E-state index contributed by atoms with van der Waals surface area (Å²) < 4.78 is 10.8. The molecule has 0 fully saturated rings. The second-order valence-electron chi connectivity index (χ2n) is 5.05. The van der Waals surface area contributed by atoms with Crippen LogP contribution in [0.4, 0.5) is 5.82 Å². The lowest BCUT2D eigenvalue weighted by molar-refractivity contribution is -0.111. The molecule has 0 bridgehead atoms. The van der Waals surface area contributed by atoms with E-state index in [4.69, 9.17) is 9.47 Å². The number of carbonyl (C=O) groups excluding carboxylic acids is 1. The zero-order chi connectivity index (χ0) is 17.4. The van der Waals surface area contributed by atoms with Crippen molar-refractivity contribution in [1.82, 2.24) is 4.98 Å². The quantitative estimate of drug-likeness (QED) is 0.624. The van der Waals surface area contributed by atoms with Crippen LogP contribution in [0.1, 0.15) is 11.1 Å². The number of ether oxygens (including phenoxy) is 2. The average Bonchev–Trinajstić information content (AvgIpc) is 2.58. The Bertz CT molecular complexity index is 754. The minimum Gasteiger partial charge on any atom is -0.493 e. The molecule has 5 heteroatoms. The van der Waals surface area contributed by atoms with Crippen molar-refractivity contribution in [2.75, 3.05) is 19.0 Å². The Morgan fingerprint density at radius 2 is 2.12 bits per heavy atom. The van der Waals surface area contributed by atoms with Crippen molar-refractivity contribution in [2.24, 2.45) is 0 Å². The van der Waals surface area contributed by atoms with E-state index in [0.29, 0.717) is 23.9 Å². The zero-order valence-corrected chi connectivity index (χ0v) is 13.8. The van der Waals surface area contributed by atoms with Gasteiger partial charge in [-0.1, -0.05) is 18.7 Å². The molecule has 0 aliphatic heterocycles. The molecule has 0 atom stereocenters. The molecule has 0 unspecified atom stereocenters. The lowest BCUT2D eigenvalue weighted by Crippen LogP contribution is -2.09. The Kier molecular flexibility index (Phi) is 6.14. The van der Waals surface area contributed by atoms with Gasteiger partial charge in [-0.15, -0.1) is 0 Å². The van der Waals surface area contributed by atoms with Crippen LogP contribution in [0.5, 0.6) is 11.5 Å². The Balaban J connectivity index is 2.05. The number of benzene rings is 1. The molecule has 1 aromatic heterocycles. The maximum Gasteiger partial charge on any atom is 0.249 e. The van der Waals surface area contributed by atoms with Crippen LogP contribution in [0.3, 0.4) is 0 Å². The first-order valence-electron chi connectivity index (χ1n) is 7.46. The van der Waals surface area contributed by atoms with Crippen molar-refractivity contribution in [2.45, 2.75) is 6.92 Å². The first kappa shape index (κ1) is 17.3. The summed E-state index contributed by atoms with van der Waals surface area (Å²) in [5.41, 5.74) is 1.86. The van der Waals surface area contributed by atoms with Crippen LogP contribution >= 0.6 is 0 Å². The van der Waals surface area contributed by atoms with Crippen molar-refractivity contribution in [1.29, 1.82) is 0 Å². The number of pyridine rings is 1. The van der Waals surface area contributed by atoms with Gasteiger partial charge >= 0.3 is 0 Å². The summed E-state index contributed by atoms with van der Waals surface area (Å²) in [6.07, 6.45) is 6.46. The Labute approximate surface area is 141 Å². The minimum absolute atomic E-state index is 0.251. The van der Waals surface area contributed by atoms with Gasteiger partial charge < -0.3 is 14.8 Å². The van der Waals surface area contributed by atoms with E-state index in [9.17, 15) is 4.79 Å². The van der Waals surface area contributed by atoms with Crippen molar-refractivity contribution in [3.63, 3.8) is 0 Å². The fourth-order valence-electron chi connectivity index (χ4n) is 2.00. The summed E-state index contributed by atoms with van der Waals surface area (Å²) >= 11 is 0. The molecule has 0 saturated heterocycles. The topological polar surface area (TPSA) is 60.5 Å². The number of hydrogen-bond acceptors (Lipinski definition) is 4. The third-order valence-corrected chi connectivity index (χ3v) is 3.14. The summed E-state index contributed by atoms with van der Waals surface area (Å²) in [7, 11) is 1.57. The highest BCUT2D eigenvalue weighted by atomic mass is 16.5. The van der Waals surface area contributed by atoms with Gasteiger partial charge in [-0.05, 0) is 48.4 Å². The van der Waals surface area contributed by atoms with Crippen molar-refractivity contribution >= 4 is 17.8 Å². The number of methoxy groups -OCH3 is 1. The Hall–Kier alpha value is -3.08. The number of carbonyl (C=O) groups is 1. The fraction of sp³-hybridized carbons (Fsp3) is 0.158. The summed E-state index contributed by atoms with van der Waals surface area (Å²) in [5.74, 6) is 1.50. The van der Waals surface area contributed by atoms with Gasteiger partial charge in [0.15, 0.2) is 11.5 Å². The van der Waals surface area contributed by atoms with Crippen LogP contribution in [0.2, 0.25) is 0 Å². The first-order valence-corrected chi connectivity index (χ1v) is 7.46. The molecule has 2 rings (SSSR count). The number of aryl methyl sites for hydroxylation is 1. The molecule has 1 N–H and O–H groups in total. The Morgan fingerprint density at radius 3 is 2.83 bits per heavy atom. The first-order chi connectivity index (χ1) is 11.6. The van der Waals surface area contributed by atoms with E-state index in [1.54, 1.807) is 43.7 Å². The standard InChI is InChI=1S/C19H20N2O3/c1-4-11-24-16-7-5-15(13-17(16)23-3)6-8-19(22)21-18-12-14(2)9-10-20-18/h4-10,12-13H,1,11H2,2-3H3,(H,20,21,22)/b8-6+. The fourth-order valence-corrected chi connectivity index (χ4v) is 2.00. The van der Waals surface area contributed by atoms with E-state index in [1.165, 1.54) is 6.08 Å². The monoisotopic (exact) mass is 324 g/mol. The van der Waals surface area contributed by atoms with Crippen LogP contribution in [0.25, 0.3) is 6.08 Å². The van der Waals surface area contributed by atoms with Gasteiger partial charge in [0.2, 0.25) is 5.91 Å². The third kappa shape index (κ3) is 4.98. The molecular weight excluding hydrogens is 304 g/mol. The van der Waals surface area contributed by atoms with Gasteiger partial charge in [-0.2, -0.15) is 0 Å². The summed E-state index contributed by atoms with van der Waals surface area (Å²) in [4.78, 5) is 16.0. The maximum absolute atomic E-state index is 12.0. The molecule has 0 aliphatic carbocycles. The predicted molar refractivity (Wildman–Crippen MR) is 95.3 cm³/mol. The number of amides is 1. The number of anilines is 1. The van der Waals surface area contributed by atoms with Crippen LogP contribution in [0.15, 0.2) is 55.3 Å². The van der Waals surface area contributed by atoms with Crippen LogP contribution < -0.4 is 14.8 Å². The highest BCUT2D eigenvalue weighted by molar-refractivity contribution is 6.01. The molecular formula is C19H20N2O3. The molecule has 0 radical (unpaired) electrons. The number of nitrogens with zero attached hydrogens (tertiary/aromatic N) is 1. The predicted octanol–water partition coefficient (Wildman–Crippen LogP) is 3.62. The number of nitrogens with one attached hydrogen (secondary N) is 1. The van der Waals surface area contributed by atoms with Crippen LogP contribution in [-0.2, 0) is 4.79 Å². The molecule has 24 heavy (non-hydrogen) atoms. The highest BCUT2D eigenvalue weighted by Gasteiger charge is 2.05. The molecule has 0 spiro atoms. The normalized spacial score (nSPS) is 10.4. The van der Waals surface area contributed by atoms with Crippen molar-refractivity contribution in [3.8, 4) is 11.5 Å². The van der Waals surface area contributed by atoms with Crippen LogP contribution in [0, 0.1) is 6.92 Å². The molecule has 1 aromatic carbocycles. The zero-order valence-electron chi connectivity index (χ0n) is 13.8. The average molecular weight is 324 g/mol. The number of aromatic nitrogens is 1. The second kappa shape index (κ2) is 8.53. The van der Waals surface area contributed by atoms with Gasteiger partial charge in [0.1, 0.15) is 12.4 Å². The van der Waals surface area contributed by atoms with Gasteiger partial charge in [0, 0.05) is 12.3 Å². The van der Waals surface area contributed by atoms with E-state index in [2.05, 4.69) is 16.9 Å². The van der Waals surface area contributed by atoms with E-state index >= 15 is 0 Å². The van der Waals surface area contributed by atoms with Gasteiger partial charge in [-0.25, -0.2) is 4.98 Å². The number of rotatable bonds is 7. The molecule has 124 valence electrons. The molecule has 2 aromatic rings. The molecule has 1 amide bonds. The maximum atomic E-state index is 12.0. The van der Waals surface area contributed by atoms with E-state index in [0.717, 1.165) is 11.1 Å².